The van der Waals surface area contributed by atoms with Crippen molar-refractivity contribution in [3.05, 3.63) is 72.0 Å². The van der Waals surface area contributed by atoms with E-state index in [9.17, 15) is 22.4 Å². The number of hydrogen-bond donors (Lipinski definition) is 1. The summed E-state index contributed by atoms with van der Waals surface area (Å²) in [5, 5.41) is 2.83. The maximum Gasteiger partial charge on any atom is 0.265 e. The molecule has 45 heavy (non-hydrogen) atoms. The van der Waals surface area contributed by atoms with Gasteiger partial charge in [0.05, 0.1) is 39.0 Å². The van der Waals surface area contributed by atoms with Crippen molar-refractivity contribution in [1.29, 1.82) is 0 Å². The van der Waals surface area contributed by atoms with Crippen molar-refractivity contribution >= 4 is 27.5 Å². The lowest BCUT2D eigenvalue weighted by Crippen LogP contribution is -2.53. The lowest BCUT2D eigenvalue weighted by Gasteiger charge is -2.34. The number of nitrogens with zero attached hydrogens (tertiary/aromatic N) is 2. The zero-order valence-electron chi connectivity index (χ0n) is 26.5. The molecule has 0 aliphatic carbocycles. The van der Waals surface area contributed by atoms with Crippen LogP contribution >= 0.6 is 0 Å². The highest BCUT2D eigenvalue weighted by molar-refractivity contribution is 7.92. The summed E-state index contributed by atoms with van der Waals surface area (Å²) in [5.74, 6) is -0.602. The zero-order chi connectivity index (χ0) is 33.3. The highest BCUT2D eigenvalue weighted by Gasteiger charge is 2.35. The van der Waals surface area contributed by atoms with Crippen LogP contribution in [0.3, 0.4) is 0 Å². The number of halogens is 1. The third-order valence-corrected chi connectivity index (χ3v) is 8.72. The van der Waals surface area contributed by atoms with E-state index in [1.165, 1.54) is 87.9 Å². The summed E-state index contributed by atoms with van der Waals surface area (Å²) in [5.41, 5.74) is 0.579. The number of nitrogens with one attached hydrogen (secondary N) is 1. The average molecular weight is 646 g/mol. The molecule has 0 saturated carbocycles. The number of methoxy groups -OCH3 is 4. The van der Waals surface area contributed by atoms with Crippen molar-refractivity contribution in [2.24, 2.45) is 0 Å². The van der Waals surface area contributed by atoms with Gasteiger partial charge in [0.2, 0.25) is 11.8 Å². The van der Waals surface area contributed by atoms with Gasteiger partial charge in [-0.3, -0.25) is 13.9 Å². The first-order valence-electron chi connectivity index (χ1n) is 14.2. The van der Waals surface area contributed by atoms with Gasteiger partial charge in [0.25, 0.3) is 10.0 Å². The van der Waals surface area contributed by atoms with Crippen molar-refractivity contribution in [2.75, 3.05) is 39.3 Å². The maximum absolute atomic E-state index is 14.4. The molecular formula is C32H40FN3O8S. The van der Waals surface area contributed by atoms with Crippen LogP contribution in [0.25, 0.3) is 0 Å². The summed E-state index contributed by atoms with van der Waals surface area (Å²) in [4.78, 5) is 28.7. The molecule has 244 valence electrons. The topological polar surface area (TPSA) is 124 Å². The molecule has 0 saturated heterocycles. The van der Waals surface area contributed by atoms with Crippen LogP contribution in [0.4, 0.5) is 10.1 Å². The number of amides is 2. The molecule has 0 bridgehead atoms. The van der Waals surface area contributed by atoms with Crippen LogP contribution in [0.1, 0.15) is 32.8 Å². The largest absolute Gasteiger partial charge is 0.497 e. The number of anilines is 1. The minimum absolute atomic E-state index is 0.0291. The molecule has 13 heteroatoms. The van der Waals surface area contributed by atoms with E-state index in [0.29, 0.717) is 17.1 Å². The Morgan fingerprint density at radius 2 is 1.47 bits per heavy atom. The molecule has 1 N–H and O–H groups in total. The molecule has 0 heterocycles. The summed E-state index contributed by atoms with van der Waals surface area (Å²) in [6, 6.07) is 13.0. The van der Waals surface area contributed by atoms with Gasteiger partial charge in [0.1, 0.15) is 29.9 Å². The van der Waals surface area contributed by atoms with E-state index < -0.39 is 40.2 Å². The van der Waals surface area contributed by atoms with Crippen molar-refractivity contribution in [1.82, 2.24) is 10.2 Å². The van der Waals surface area contributed by atoms with E-state index >= 15 is 0 Å². The van der Waals surface area contributed by atoms with E-state index in [0.717, 1.165) is 4.31 Å². The summed E-state index contributed by atoms with van der Waals surface area (Å²) >= 11 is 0. The van der Waals surface area contributed by atoms with E-state index in [2.05, 4.69) is 5.32 Å². The second-order valence-corrected chi connectivity index (χ2v) is 12.2. The first-order valence-corrected chi connectivity index (χ1v) is 15.6. The Labute approximate surface area is 263 Å². The highest BCUT2D eigenvalue weighted by atomic mass is 32.2. The van der Waals surface area contributed by atoms with Crippen LogP contribution in [0.5, 0.6) is 23.0 Å². The van der Waals surface area contributed by atoms with Crippen molar-refractivity contribution in [3.8, 4) is 23.0 Å². The van der Waals surface area contributed by atoms with Crippen molar-refractivity contribution < 1.29 is 41.3 Å². The fourth-order valence-corrected chi connectivity index (χ4v) is 6.13. The van der Waals surface area contributed by atoms with Crippen LogP contribution in [-0.4, -0.2) is 72.2 Å². The second kappa shape index (κ2) is 15.5. The van der Waals surface area contributed by atoms with E-state index in [1.807, 2.05) is 0 Å². The zero-order valence-corrected chi connectivity index (χ0v) is 27.3. The van der Waals surface area contributed by atoms with Gasteiger partial charge in [-0.25, -0.2) is 12.8 Å². The molecule has 3 aromatic carbocycles. The Morgan fingerprint density at radius 3 is 2.02 bits per heavy atom. The first-order chi connectivity index (χ1) is 21.4. The molecule has 0 spiro atoms. The van der Waals surface area contributed by atoms with Gasteiger partial charge in [0, 0.05) is 24.7 Å². The molecule has 0 aliphatic heterocycles. The number of sulfonamides is 1. The number of rotatable bonds is 15. The SMILES string of the molecule is CC[C@H](C(=O)NC(C)C)N(Cc1ccc(F)cc1)C(=O)CN(c1cc(OC)ccc1OC)S(=O)(=O)c1ccc(OC)c(OC)c1. The molecule has 1 atom stereocenters. The van der Waals surface area contributed by atoms with Crippen molar-refractivity contribution in [2.45, 2.75) is 50.7 Å². The Hall–Kier alpha value is -4.52. The summed E-state index contributed by atoms with van der Waals surface area (Å²) in [6.07, 6.45) is 0.233. The Balaban J connectivity index is 2.20. The number of hydrogen-bond acceptors (Lipinski definition) is 8. The molecule has 0 radical (unpaired) electrons. The van der Waals surface area contributed by atoms with Gasteiger partial charge in [-0.1, -0.05) is 19.1 Å². The molecule has 0 unspecified atom stereocenters. The smallest absolute Gasteiger partial charge is 0.265 e. The van der Waals surface area contributed by atoms with Gasteiger partial charge >= 0.3 is 0 Å². The molecular weight excluding hydrogens is 605 g/mol. The van der Waals surface area contributed by atoms with Gasteiger partial charge in [-0.2, -0.15) is 0 Å². The Kier molecular flexibility index (Phi) is 12.0. The normalized spacial score (nSPS) is 11.8. The third-order valence-electron chi connectivity index (χ3n) is 6.96. The van der Waals surface area contributed by atoms with E-state index in [1.54, 1.807) is 26.8 Å². The monoisotopic (exact) mass is 645 g/mol. The van der Waals surface area contributed by atoms with Crippen LogP contribution < -0.4 is 28.6 Å². The van der Waals surface area contributed by atoms with Crippen LogP contribution in [0, 0.1) is 5.82 Å². The van der Waals surface area contributed by atoms with E-state index in [-0.39, 0.29) is 41.1 Å². The number of benzene rings is 3. The van der Waals surface area contributed by atoms with Crippen LogP contribution in [-0.2, 0) is 26.2 Å². The minimum Gasteiger partial charge on any atom is -0.497 e. The third kappa shape index (κ3) is 8.35. The summed E-state index contributed by atoms with van der Waals surface area (Å²) in [7, 11) is 1.11. The molecule has 3 aromatic rings. The van der Waals surface area contributed by atoms with Gasteiger partial charge < -0.3 is 29.2 Å². The fourth-order valence-electron chi connectivity index (χ4n) is 4.70. The summed E-state index contributed by atoms with van der Waals surface area (Å²) < 4.78 is 64.9. The van der Waals surface area contributed by atoms with Gasteiger partial charge in [-0.05, 0) is 62.2 Å². The summed E-state index contributed by atoms with van der Waals surface area (Å²) in [6.45, 7) is 4.54. The minimum atomic E-state index is -4.48. The molecule has 0 aromatic heterocycles. The molecule has 2 amide bonds. The lowest BCUT2D eigenvalue weighted by atomic mass is 10.1. The lowest BCUT2D eigenvalue weighted by molar-refractivity contribution is -0.140. The van der Waals surface area contributed by atoms with E-state index in [4.69, 9.17) is 18.9 Å². The average Bonchev–Trinajstić information content (AvgIpc) is 3.03. The standard InChI is InChI=1S/C32H40FN3O8S/c1-8-26(32(38)34-21(2)3)35(19-22-9-11-23(33)12-10-22)31(37)20-36(27-17-24(41-4)13-15-28(27)42-5)45(39,40)25-14-16-29(43-6)30(18-25)44-7/h9-18,21,26H,8,19-20H2,1-7H3,(H,34,38)/t26-/m1/s1. The predicted molar refractivity (Wildman–Crippen MR) is 168 cm³/mol. The second-order valence-electron chi connectivity index (χ2n) is 10.3. The first kappa shape index (κ1) is 35.0. The molecule has 11 nitrogen and oxygen atoms in total. The molecule has 0 fully saturated rings. The maximum atomic E-state index is 14.4. The van der Waals surface area contributed by atoms with Crippen LogP contribution in [0.2, 0.25) is 0 Å². The van der Waals surface area contributed by atoms with Gasteiger partial charge in [-0.15, -0.1) is 0 Å². The number of carbonyl (C=O) groups excluding carboxylic acids is 2. The Morgan fingerprint density at radius 1 is 0.844 bits per heavy atom. The number of ether oxygens (including phenoxy) is 4. The molecule has 0 aliphatic rings. The van der Waals surface area contributed by atoms with Crippen LogP contribution in [0.15, 0.2) is 65.6 Å². The fraction of sp³-hybridized carbons (Fsp3) is 0.375. The molecule has 3 rings (SSSR count). The van der Waals surface area contributed by atoms with Crippen molar-refractivity contribution in [3.63, 3.8) is 0 Å². The quantitative estimate of drug-likeness (QED) is 0.258. The highest BCUT2D eigenvalue weighted by Crippen LogP contribution is 2.38. The number of carbonyl (C=O) groups is 2. The van der Waals surface area contributed by atoms with Gasteiger partial charge in [0.15, 0.2) is 11.5 Å². The predicted octanol–water partition coefficient (Wildman–Crippen LogP) is 4.39. The Bertz CT molecular complexity index is 1580.